The molecule has 0 spiro atoms. The maximum Gasteiger partial charge on any atom is 0.162 e. The Labute approximate surface area is 235 Å². The first-order chi connectivity index (χ1) is 18.9. The van der Waals surface area contributed by atoms with Gasteiger partial charge >= 0.3 is 0 Å². The zero-order chi connectivity index (χ0) is 28.4. The topological polar surface area (TPSA) is 55.4 Å². The molecule has 2 aromatic carbocycles. The number of rotatable bonds is 7. The van der Waals surface area contributed by atoms with Crippen LogP contribution in [0.2, 0.25) is 0 Å². The molecule has 210 valence electrons. The summed E-state index contributed by atoms with van der Waals surface area (Å²) in [5.41, 5.74) is 5.20. The van der Waals surface area contributed by atoms with Crippen molar-refractivity contribution in [1.29, 1.82) is 0 Å². The average molecular weight is 530 g/mol. The van der Waals surface area contributed by atoms with Crippen molar-refractivity contribution in [3.63, 3.8) is 0 Å². The van der Waals surface area contributed by atoms with Crippen molar-refractivity contribution in [2.24, 2.45) is 5.92 Å². The van der Waals surface area contributed by atoms with E-state index in [1.165, 1.54) is 38.5 Å². The third-order valence-electron chi connectivity index (χ3n) is 7.81. The molecule has 0 amide bonds. The molecule has 0 radical (unpaired) electrons. The van der Waals surface area contributed by atoms with Gasteiger partial charge in [-0.1, -0.05) is 108 Å². The van der Waals surface area contributed by atoms with Gasteiger partial charge in [-0.15, -0.1) is 0 Å². The van der Waals surface area contributed by atoms with Crippen LogP contribution in [0.1, 0.15) is 109 Å². The van der Waals surface area contributed by atoms with E-state index in [-0.39, 0.29) is 23.4 Å². The number of ether oxygens (including phenoxy) is 1. The summed E-state index contributed by atoms with van der Waals surface area (Å²) in [6, 6.07) is 17.7. The van der Waals surface area contributed by atoms with Crippen LogP contribution in [-0.4, -0.2) is 18.7 Å². The van der Waals surface area contributed by atoms with Gasteiger partial charge in [0.2, 0.25) is 0 Å². The minimum absolute atomic E-state index is 0.00458. The molecular weight excluding hydrogens is 482 g/mol. The molecule has 1 fully saturated rings. The van der Waals surface area contributed by atoms with Gasteiger partial charge in [-0.25, -0.2) is 0 Å². The van der Waals surface area contributed by atoms with Gasteiger partial charge in [0, 0.05) is 40.8 Å². The third-order valence-corrected chi connectivity index (χ3v) is 7.81. The highest BCUT2D eigenvalue weighted by molar-refractivity contribution is 6.05. The Morgan fingerprint density at radius 1 is 0.923 bits per heavy atom. The first-order valence-electron chi connectivity index (χ1n) is 14.8. The fourth-order valence-corrected chi connectivity index (χ4v) is 5.52. The highest BCUT2D eigenvalue weighted by Gasteiger charge is 2.40. The number of carbonyl (C=O) groups excluding carboxylic acids is 2. The number of Topliss-reactive ketones (excluding diaryl/α,β-unsaturated/α-hetero) is 2. The van der Waals surface area contributed by atoms with Crippen LogP contribution in [0.4, 0.5) is 0 Å². The van der Waals surface area contributed by atoms with Crippen LogP contribution in [0.5, 0.6) is 5.75 Å². The van der Waals surface area contributed by atoms with Gasteiger partial charge in [0.15, 0.2) is 11.6 Å². The van der Waals surface area contributed by atoms with E-state index in [0.717, 1.165) is 39.8 Å². The second-order valence-corrected chi connectivity index (χ2v) is 11.0. The van der Waals surface area contributed by atoms with E-state index >= 15 is 0 Å². The number of carbonyl (C=O) groups is 2. The number of methoxy groups -OCH3 is 1. The number of allylic oxidation sites excluding steroid dienone is 4. The molecule has 0 bridgehead atoms. The van der Waals surface area contributed by atoms with E-state index in [4.69, 9.17) is 4.74 Å². The normalized spacial score (nSPS) is 20.1. The number of hydrogen-bond donors (Lipinski definition) is 1. The molecule has 1 N–H and O–H groups in total. The highest BCUT2D eigenvalue weighted by atomic mass is 16.5. The molecule has 4 heteroatoms. The fourth-order valence-electron chi connectivity index (χ4n) is 5.52. The number of para-hydroxylation sites is 1. The molecule has 0 aromatic heterocycles. The highest BCUT2D eigenvalue weighted by Crippen LogP contribution is 2.46. The lowest BCUT2D eigenvalue weighted by Crippen LogP contribution is -2.35. The predicted octanol–water partition coefficient (Wildman–Crippen LogP) is 8.65. The Hall–Kier alpha value is -3.14. The molecular formula is C35H47NO3. The van der Waals surface area contributed by atoms with E-state index < -0.39 is 0 Å². The Bertz CT molecular complexity index is 1170. The fraction of sp³-hybridized carbons (Fsp3) is 0.486. The zero-order valence-electron chi connectivity index (χ0n) is 24.8. The first-order valence-corrected chi connectivity index (χ1v) is 14.8. The van der Waals surface area contributed by atoms with E-state index in [2.05, 4.69) is 26.1 Å². The quantitative estimate of drug-likeness (QED) is 0.390. The maximum atomic E-state index is 13.4. The summed E-state index contributed by atoms with van der Waals surface area (Å²) in [5, 5.41) is 3.39. The lowest BCUT2D eigenvalue weighted by atomic mass is 9.71. The van der Waals surface area contributed by atoms with Crippen LogP contribution in [0.3, 0.4) is 0 Å². The monoisotopic (exact) mass is 529 g/mol. The Morgan fingerprint density at radius 2 is 1.56 bits per heavy atom. The standard InChI is InChI=1S/C25H25NO3.C6H12.C4H10/c1-15-23(16(2)27)24(17-9-5-4-6-10-17)25-20(26-15)13-18(14-21(25)28)19-11-7-8-12-22(19)29-3;1-2-3-6-4-5-6;1-3-4-2/h4-12,18,24,26H,13-14H2,1-3H3;6H,2-5H2,1H3;3-4H2,1-2H3. The molecule has 2 unspecified atom stereocenters. The maximum absolute atomic E-state index is 13.4. The van der Waals surface area contributed by atoms with Crippen LogP contribution in [0, 0.1) is 5.92 Å². The summed E-state index contributed by atoms with van der Waals surface area (Å²) in [4.78, 5) is 25.9. The summed E-state index contributed by atoms with van der Waals surface area (Å²) in [7, 11) is 1.66. The summed E-state index contributed by atoms with van der Waals surface area (Å²) in [6.07, 6.45) is 9.69. The minimum atomic E-state index is -0.309. The second kappa shape index (κ2) is 14.9. The van der Waals surface area contributed by atoms with Crippen LogP contribution in [0.25, 0.3) is 0 Å². The van der Waals surface area contributed by atoms with Crippen molar-refractivity contribution >= 4 is 11.6 Å². The molecule has 1 saturated carbocycles. The molecule has 2 atom stereocenters. The van der Waals surface area contributed by atoms with Gasteiger partial charge in [0.25, 0.3) is 0 Å². The van der Waals surface area contributed by atoms with E-state index in [9.17, 15) is 9.59 Å². The summed E-state index contributed by atoms with van der Waals surface area (Å²) < 4.78 is 5.53. The van der Waals surface area contributed by atoms with Gasteiger partial charge in [-0.3, -0.25) is 9.59 Å². The third kappa shape index (κ3) is 7.94. The lowest BCUT2D eigenvalue weighted by Gasteiger charge is -2.37. The molecule has 2 aliphatic carbocycles. The van der Waals surface area contributed by atoms with Crippen molar-refractivity contribution in [2.45, 2.75) is 97.8 Å². The van der Waals surface area contributed by atoms with Gasteiger partial charge in [0.05, 0.1) is 7.11 Å². The smallest absolute Gasteiger partial charge is 0.162 e. The number of benzene rings is 2. The molecule has 1 aliphatic heterocycles. The van der Waals surface area contributed by atoms with Crippen molar-refractivity contribution < 1.29 is 14.3 Å². The van der Waals surface area contributed by atoms with Crippen molar-refractivity contribution in [3.8, 4) is 5.75 Å². The van der Waals surface area contributed by atoms with Gasteiger partial charge in [0.1, 0.15) is 5.75 Å². The van der Waals surface area contributed by atoms with Gasteiger partial charge in [-0.2, -0.15) is 0 Å². The summed E-state index contributed by atoms with van der Waals surface area (Å²) in [6.45, 7) is 10.1. The molecule has 5 rings (SSSR count). The molecule has 4 nitrogen and oxygen atoms in total. The van der Waals surface area contributed by atoms with Crippen molar-refractivity contribution in [2.75, 3.05) is 7.11 Å². The molecule has 3 aliphatic rings. The molecule has 0 saturated heterocycles. The predicted molar refractivity (Wildman–Crippen MR) is 161 cm³/mol. The molecule has 2 aromatic rings. The average Bonchev–Trinajstić information content (AvgIpc) is 3.77. The second-order valence-electron chi connectivity index (χ2n) is 11.0. The van der Waals surface area contributed by atoms with Crippen LogP contribution in [0.15, 0.2) is 77.1 Å². The van der Waals surface area contributed by atoms with Gasteiger partial charge in [-0.05, 0) is 43.4 Å². The van der Waals surface area contributed by atoms with Crippen LogP contribution in [-0.2, 0) is 9.59 Å². The lowest BCUT2D eigenvalue weighted by molar-refractivity contribution is -0.116. The minimum Gasteiger partial charge on any atom is -0.496 e. The largest absolute Gasteiger partial charge is 0.496 e. The van der Waals surface area contributed by atoms with Gasteiger partial charge < -0.3 is 10.1 Å². The van der Waals surface area contributed by atoms with Crippen LogP contribution >= 0.6 is 0 Å². The summed E-state index contributed by atoms with van der Waals surface area (Å²) in [5.74, 6) is 1.78. The number of nitrogens with one attached hydrogen (secondary N) is 1. The number of unbranched alkanes of at least 4 members (excludes halogenated alkanes) is 1. The molecule has 1 heterocycles. The number of ketones is 2. The van der Waals surface area contributed by atoms with E-state index in [0.29, 0.717) is 18.4 Å². The zero-order valence-corrected chi connectivity index (χ0v) is 24.8. The Kier molecular flexibility index (Phi) is 11.6. The SMILES string of the molecule is CCCC.CCCC1CC1.COc1ccccc1C1CC(=O)C2=C(C1)NC(C)=C(C(C)=O)C2c1ccccc1. The number of dihydropyridines is 1. The Morgan fingerprint density at radius 3 is 2.10 bits per heavy atom. The van der Waals surface area contributed by atoms with Crippen LogP contribution < -0.4 is 10.1 Å². The summed E-state index contributed by atoms with van der Waals surface area (Å²) >= 11 is 0. The van der Waals surface area contributed by atoms with E-state index in [1.54, 1.807) is 14.0 Å². The van der Waals surface area contributed by atoms with Crippen molar-refractivity contribution in [1.82, 2.24) is 5.32 Å². The first kappa shape index (κ1) is 30.4. The van der Waals surface area contributed by atoms with Crippen molar-refractivity contribution in [3.05, 3.63) is 88.3 Å². The van der Waals surface area contributed by atoms with E-state index in [1.807, 2.05) is 61.5 Å². The molecule has 39 heavy (non-hydrogen) atoms. The number of hydrogen-bond acceptors (Lipinski definition) is 4. The Balaban J connectivity index is 0.000000355.